The molecule has 0 radical (unpaired) electrons. The lowest BCUT2D eigenvalue weighted by Crippen LogP contribution is -2.43. The first-order valence-electron chi connectivity index (χ1n) is 8.32. The average Bonchev–Trinajstić information content (AvgIpc) is 2.60. The van der Waals surface area contributed by atoms with E-state index < -0.39 is 22.2 Å². The molecule has 0 N–H and O–H groups in total. The molecule has 0 spiro atoms. The molecular formula is C15H28Br2F3N4O3S3+. The van der Waals surface area contributed by atoms with E-state index in [1.165, 1.54) is 0 Å². The number of rotatable bonds is 11. The zero-order valence-electron chi connectivity index (χ0n) is 17.3. The van der Waals surface area contributed by atoms with Crippen LogP contribution in [0.5, 0.6) is 0 Å². The Hall–Kier alpha value is 0.180. The van der Waals surface area contributed by atoms with Crippen molar-refractivity contribution in [1.82, 2.24) is 4.90 Å². The van der Waals surface area contributed by atoms with Crippen LogP contribution in [0.25, 0.3) is 0 Å². The highest BCUT2D eigenvalue weighted by Gasteiger charge is 2.47. The second-order valence-electron chi connectivity index (χ2n) is 6.23. The number of likely N-dealkylation sites (N-methyl/N-ethyl adjacent to an activating group) is 2. The van der Waals surface area contributed by atoms with Gasteiger partial charge in [0, 0.05) is 11.9 Å². The Morgan fingerprint density at radius 1 is 1.03 bits per heavy atom. The third kappa shape index (κ3) is 24.4. The van der Waals surface area contributed by atoms with E-state index in [0.717, 1.165) is 42.5 Å². The van der Waals surface area contributed by atoms with Gasteiger partial charge in [0.1, 0.15) is 0 Å². The number of aliphatic imine (C=N–C) groups is 2. The molecule has 0 aromatic heterocycles. The molecule has 0 saturated heterocycles. The first-order valence-corrected chi connectivity index (χ1v) is 12.8. The fourth-order valence-corrected chi connectivity index (χ4v) is 3.17. The summed E-state index contributed by atoms with van der Waals surface area (Å²) in [6.07, 6.45) is 0. The van der Waals surface area contributed by atoms with Crippen LogP contribution in [0.3, 0.4) is 0 Å². The van der Waals surface area contributed by atoms with Crippen LogP contribution in [0.15, 0.2) is 9.98 Å². The number of hydrogen-bond acceptors (Lipinski definition) is 8. The maximum absolute atomic E-state index is 11.4. The summed E-state index contributed by atoms with van der Waals surface area (Å²) in [5.41, 5.74) is -5.32. The van der Waals surface area contributed by atoms with E-state index in [4.69, 9.17) is 0 Å². The van der Waals surface area contributed by atoms with Gasteiger partial charge in [-0.05, 0) is 38.5 Å². The quantitative estimate of drug-likeness (QED) is 0.0876. The molecule has 0 aliphatic heterocycles. The second kappa shape index (κ2) is 19.8. The molecule has 30 heavy (non-hydrogen) atoms. The third-order valence-electron chi connectivity index (χ3n) is 2.89. The first-order chi connectivity index (χ1) is 13.7. The Balaban J connectivity index is -0.000000370. The molecule has 178 valence electrons. The Morgan fingerprint density at radius 3 is 1.90 bits per heavy atom. The van der Waals surface area contributed by atoms with Crippen LogP contribution >= 0.6 is 56.3 Å². The van der Waals surface area contributed by atoms with E-state index in [1.54, 1.807) is 0 Å². The van der Waals surface area contributed by atoms with Crippen molar-refractivity contribution in [2.24, 2.45) is 9.98 Å². The summed E-state index contributed by atoms with van der Waals surface area (Å²) in [7, 11) is 2.97. The summed E-state index contributed by atoms with van der Waals surface area (Å²) in [5.74, 6) is 0. The van der Waals surface area contributed by atoms with Crippen molar-refractivity contribution < 1.29 is 30.3 Å². The van der Waals surface area contributed by atoms with Crippen molar-refractivity contribution in [2.75, 3.05) is 78.2 Å². The fraction of sp³-hybridized carbons (Fsp3) is 0.867. The molecule has 0 fully saturated rings. The normalized spacial score (nSPS) is 11.3. The molecule has 0 bridgehead atoms. The summed E-state index contributed by atoms with van der Waals surface area (Å²) in [5, 5.41) is 5.73. The van der Waals surface area contributed by atoms with Gasteiger partial charge < -0.3 is 9.38 Å². The minimum atomic E-state index is -5.39. The van der Waals surface area contributed by atoms with Crippen molar-refractivity contribution in [2.45, 2.75) is 5.51 Å². The van der Waals surface area contributed by atoms with Crippen LogP contribution in [0.2, 0.25) is 0 Å². The molecule has 0 aromatic rings. The minimum Gasteiger partial charge on any atom is -0.326 e. The van der Waals surface area contributed by atoms with Crippen molar-refractivity contribution in [1.29, 1.82) is 0 Å². The van der Waals surface area contributed by atoms with Gasteiger partial charge in [-0.25, -0.2) is 9.98 Å². The number of quaternary nitrogens is 1. The molecule has 7 nitrogen and oxygen atoms in total. The smallest absolute Gasteiger partial charge is 0.326 e. The summed E-state index contributed by atoms with van der Waals surface area (Å²) in [6, 6.07) is 0. The Kier molecular flexibility index (Phi) is 23.0. The van der Waals surface area contributed by atoms with Gasteiger partial charge in [0.05, 0.1) is 62.5 Å². The van der Waals surface area contributed by atoms with Gasteiger partial charge >= 0.3 is 15.6 Å². The van der Waals surface area contributed by atoms with E-state index in [9.17, 15) is 21.6 Å². The van der Waals surface area contributed by atoms with Gasteiger partial charge in [-0.3, -0.25) is 4.18 Å². The lowest BCUT2D eigenvalue weighted by molar-refractivity contribution is -0.886. The second-order valence-corrected chi connectivity index (χ2v) is 9.79. The summed E-state index contributed by atoms with van der Waals surface area (Å²) >= 11 is 15.0. The molecule has 0 atom stereocenters. The van der Waals surface area contributed by atoms with Crippen LogP contribution in [-0.2, 0) is 14.3 Å². The predicted octanol–water partition coefficient (Wildman–Crippen LogP) is 3.46. The lowest BCUT2D eigenvalue weighted by atomic mass is 10.4. The van der Waals surface area contributed by atoms with Gasteiger partial charge in [-0.2, -0.15) is 21.6 Å². The Morgan fingerprint density at radius 2 is 1.53 bits per heavy atom. The van der Waals surface area contributed by atoms with Crippen LogP contribution in [-0.4, -0.2) is 112 Å². The van der Waals surface area contributed by atoms with Crippen molar-refractivity contribution in [3.05, 3.63) is 0 Å². The van der Waals surface area contributed by atoms with Crippen LogP contribution < -0.4 is 0 Å². The molecule has 0 aliphatic carbocycles. The molecule has 0 amide bonds. The molecule has 0 heterocycles. The lowest BCUT2D eigenvalue weighted by Gasteiger charge is -2.27. The van der Waals surface area contributed by atoms with Crippen LogP contribution in [0.4, 0.5) is 13.2 Å². The molecule has 0 aromatic carbocycles. The van der Waals surface area contributed by atoms with E-state index in [0.29, 0.717) is 0 Å². The predicted molar refractivity (Wildman–Crippen MR) is 129 cm³/mol. The van der Waals surface area contributed by atoms with E-state index in [1.807, 2.05) is 14.1 Å². The molecular weight excluding hydrogens is 597 g/mol. The Bertz CT molecular complexity index is 639. The topological polar surface area (TPSA) is 71.3 Å². The van der Waals surface area contributed by atoms with E-state index in [2.05, 4.69) is 99.8 Å². The number of hydrogen-bond donors (Lipinski definition) is 0. The maximum Gasteiger partial charge on any atom is 0.523 e. The van der Waals surface area contributed by atoms with Gasteiger partial charge in [0.2, 0.25) is 0 Å². The zero-order chi connectivity index (χ0) is 24.3. The minimum absolute atomic E-state index is 0.0301. The van der Waals surface area contributed by atoms with Crippen molar-refractivity contribution in [3.8, 4) is 0 Å². The van der Waals surface area contributed by atoms with Gasteiger partial charge in [0.25, 0.3) is 0 Å². The fourth-order valence-electron chi connectivity index (χ4n) is 1.21. The summed E-state index contributed by atoms with van der Waals surface area (Å²) < 4.78 is 58.9. The SMILES string of the molecule is CN(C)CCN=C=S.C[N+](C)(CCBr)CCN=C=S.O=S(=O)(OCCBr)C(F)(F)F. The zero-order valence-corrected chi connectivity index (χ0v) is 22.9. The number of halogens is 5. The van der Waals surface area contributed by atoms with E-state index in [-0.39, 0.29) is 5.33 Å². The molecule has 0 rings (SSSR count). The summed E-state index contributed by atoms with van der Waals surface area (Å²) in [6.45, 7) is 4.10. The molecule has 0 unspecified atom stereocenters. The van der Waals surface area contributed by atoms with Gasteiger partial charge in [0.15, 0.2) is 0 Å². The van der Waals surface area contributed by atoms with Gasteiger partial charge in [-0.1, -0.05) is 31.9 Å². The highest BCUT2D eigenvalue weighted by molar-refractivity contribution is 9.09. The van der Waals surface area contributed by atoms with Crippen molar-refractivity contribution >= 4 is 76.7 Å². The van der Waals surface area contributed by atoms with Crippen molar-refractivity contribution in [3.63, 3.8) is 0 Å². The maximum atomic E-state index is 11.4. The van der Waals surface area contributed by atoms with Gasteiger partial charge in [-0.15, -0.1) is 0 Å². The molecule has 0 aliphatic rings. The highest BCUT2D eigenvalue weighted by Crippen LogP contribution is 2.24. The third-order valence-corrected chi connectivity index (χ3v) is 4.87. The number of alkyl halides is 5. The van der Waals surface area contributed by atoms with Crippen LogP contribution in [0.1, 0.15) is 0 Å². The van der Waals surface area contributed by atoms with E-state index >= 15 is 0 Å². The number of thiocarbonyl (C=S) groups is 2. The molecule has 0 saturated carbocycles. The first kappa shape index (κ1) is 34.8. The monoisotopic (exact) mass is 623 g/mol. The number of isothiocyanates is 2. The summed E-state index contributed by atoms with van der Waals surface area (Å²) in [4.78, 5) is 9.66. The molecule has 15 heteroatoms. The highest BCUT2D eigenvalue weighted by atomic mass is 79.9. The largest absolute Gasteiger partial charge is 0.523 e. The standard InChI is InChI=1S/C7H14BrN2S.C5H10N2S.C3H4BrF3O3S/c1-10(2,5-3-8)6-4-9-7-11;1-7(2)4-3-6-5-8;4-1-2-10-11(8,9)3(5,6)7/h3-6H2,1-2H3;3-4H2,1-2H3;1-2H2/q+1;;. The Labute approximate surface area is 204 Å². The average molecular weight is 625 g/mol. The van der Waals surface area contributed by atoms with Crippen LogP contribution in [0, 0.1) is 0 Å². The number of nitrogens with zero attached hydrogens (tertiary/aromatic N) is 4.